The molecule has 0 aliphatic rings. The first kappa shape index (κ1) is 25.9. The predicted octanol–water partition coefficient (Wildman–Crippen LogP) is 4.64. The Balaban J connectivity index is 1.62. The largest absolute Gasteiger partial charge is 0.497 e. The normalized spacial score (nSPS) is 10.9. The number of hydrogen-bond donors (Lipinski definition) is 2. The van der Waals surface area contributed by atoms with Gasteiger partial charge in [-0.25, -0.2) is 10.5 Å². The summed E-state index contributed by atoms with van der Waals surface area (Å²) in [4.78, 5) is 22.9. The fraction of sp³-hybridized carbons (Fsp3) is 0.333. The van der Waals surface area contributed by atoms with Crippen molar-refractivity contribution in [2.45, 2.75) is 32.1 Å². The number of hydroxylamine groups is 1. The Morgan fingerprint density at radius 1 is 0.973 bits per heavy atom. The Morgan fingerprint density at radius 2 is 1.73 bits per heavy atom. The van der Waals surface area contributed by atoms with Crippen LogP contribution < -0.4 is 19.9 Å². The molecule has 2 N–H and O–H groups in total. The van der Waals surface area contributed by atoms with Crippen molar-refractivity contribution in [3.8, 4) is 22.8 Å². The average Bonchev–Trinajstić information content (AvgIpc) is 3.37. The first-order valence-electron chi connectivity index (χ1n) is 12.2. The van der Waals surface area contributed by atoms with Gasteiger partial charge in [0.15, 0.2) is 0 Å². The van der Waals surface area contributed by atoms with Crippen LogP contribution in [0.4, 0.5) is 11.4 Å². The number of unbranched alkanes of at least 4 members (excludes halogenated alkanes) is 3. The van der Waals surface area contributed by atoms with Crippen LogP contribution in [0.3, 0.4) is 0 Å². The number of carbonyl (C=O) groups is 1. The summed E-state index contributed by atoms with van der Waals surface area (Å²) in [5.41, 5.74) is 6.86. The summed E-state index contributed by atoms with van der Waals surface area (Å²) in [6.45, 7) is 0.740. The van der Waals surface area contributed by atoms with Crippen molar-refractivity contribution in [1.82, 2.24) is 25.2 Å². The molecule has 194 valence electrons. The maximum Gasteiger partial charge on any atom is 0.243 e. The summed E-state index contributed by atoms with van der Waals surface area (Å²) in [5, 5.41) is 12.9. The molecule has 1 amide bonds. The van der Waals surface area contributed by atoms with Crippen molar-refractivity contribution in [3.63, 3.8) is 0 Å². The molecular weight excluding hydrogens is 472 g/mol. The molecule has 10 heteroatoms. The molecular formula is C27H32N6O4. The predicted molar refractivity (Wildman–Crippen MR) is 141 cm³/mol. The standard InChI is InChI=1S/C27H32N6O4/c1-32-18-19(16-29-32)26-17-28-24-10-9-20(14-25(24)30-26)33(11-7-5-4-6-8-27(34)31-35)21-12-22(36-2)15-23(13-21)37-3/h9-10,12-18,35H,4-8,11H2,1-3H3,(H,31,34). The molecule has 0 fully saturated rings. The van der Waals surface area contributed by atoms with Crippen molar-refractivity contribution in [2.75, 3.05) is 25.7 Å². The zero-order valence-corrected chi connectivity index (χ0v) is 21.3. The smallest absolute Gasteiger partial charge is 0.243 e. The summed E-state index contributed by atoms with van der Waals surface area (Å²) in [5.74, 6) is 1.05. The van der Waals surface area contributed by atoms with Gasteiger partial charge in [0.25, 0.3) is 0 Å². The van der Waals surface area contributed by atoms with E-state index >= 15 is 0 Å². The van der Waals surface area contributed by atoms with E-state index in [1.165, 1.54) is 0 Å². The van der Waals surface area contributed by atoms with Crippen molar-refractivity contribution in [3.05, 3.63) is 55.0 Å². The minimum Gasteiger partial charge on any atom is -0.497 e. The molecule has 2 heterocycles. The van der Waals surface area contributed by atoms with Gasteiger partial charge in [0.2, 0.25) is 5.91 Å². The van der Waals surface area contributed by atoms with E-state index in [2.05, 4.69) is 15.0 Å². The lowest BCUT2D eigenvalue weighted by Crippen LogP contribution is -2.19. The molecule has 37 heavy (non-hydrogen) atoms. The van der Waals surface area contributed by atoms with Crippen LogP contribution in [-0.4, -0.2) is 51.6 Å². The van der Waals surface area contributed by atoms with E-state index in [0.29, 0.717) is 17.9 Å². The Kier molecular flexibility index (Phi) is 8.52. The fourth-order valence-electron chi connectivity index (χ4n) is 4.18. The molecule has 10 nitrogen and oxygen atoms in total. The SMILES string of the molecule is COc1cc(OC)cc(N(CCCCCCC(=O)NO)c2ccc3ncc(-c4cnn(C)c4)nc3c2)c1. The molecule has 0 unspecified atom stereocenters. The monoisotopic (exact) mass is 504 g/mol. The number of ether oxygens (including phenoxy) is 2. The minimum atomic E-state index is -0.354. The highest BCUT2D eigenvalue weighted by molar-refractivity contribution is 5.82. The summed E-state index contributed by atoms with van der Waals surface area (Å²) in [7, 11) is 5.14. The van der Waals surface area contributed by atoms with Crippen LogP contribution in [-0.2, 0) is 11.8 Å². The van der Waals surface area contributed by atoms with Gasteiger partial charge in [-0.05, 0) is 31.0 Å². The maximum atomic E-state index is 11.3. The first-order chi connectivity index (χ1) is 18.0. The Bertz CT molecular complexity index is 1330. The molecule has 0 radical (unpaired) electrons. The van der Waals surface area contributed by atoms with Gasteiger partial charge in [-0.2, -0.15) is 5.10 Å². The zero-order chi connectivity index (χ0) is 26.2. The number of rotatable bonds is 12. The van der Waals surface area contributed by atoms with Gasteiger partial charge in [-0.3, -0.25) is 19.7 Å². The number of amides is 1. The highest BCUT2D eigenvalue weighted by Crippen LogP contribution is 2.34. The maximum absolute atomic E-state index is 11.3. The van der Waals surface area contributed by atoms with E-state index in [0.717, 1.165) is 65.9 Å². The van der Waals surface area contributed by atoms with Gasteiger partial charge in [0, 0.05) is 61.3 Å². The number of methoxy groups -OCH3 is 2. The van der Waals surface area contributed by atoms with Crippen LogP contribution in [0.15, 0.2) is 55.0 Å². The van der Waals surface area contributed by atoms with E-state index in [1.807, 2.05) is 49.6 Å². The van der Waals surface area contributed by atoms with E-state index in [1.54, 1.807) is 36.8 Å². The second-order valence-corrected chi connectivity index (χ2v) is 8.75. The number of carbonyl (C=O) groups excluding carboxylic acids is 1. The fourth-order valence-corrected chi connectivity index (χ4v) is 4.18. The number of benzene rings is 2. The van der Waals surface area contributed by atoms with E-state index in [4.69, 9.17) is 19.7 Å². The Hall–Kier alpha value is -4.18. The second kappa shape index (κ2) is 12.2. The number of hydrogen-bond acceptors (Lipinski definition) is 8. The zero-order valence-electron chi connectivity index (χ0n) is 21.3. The van der Waals surface area contributed by atoms with Crippen molar-refractivity contribution < 1.29 is 19.5 Å². The third-order valence-corrected chi connectivity index (χ3v) is 6.15. The third-order valence-electron chi connectivity index (χ3n) is 6.15. The molecule has 4 aromatic rings. The number of anilines is 2. The van der Waals surface area contributed by atoms with Crippen molar-refractivity contribution in [1.29, 1.82) is 0 Å². The molecule has 0 saturated heterocycles. The lowest BCUT2D eigenvalue weighted by molar-refractivity contribution is -0.129. The topological polar surface area (TPSA) is 115 Å². The summed E-state index contributed by atoms with van der Waals surface area (Å²) in [6.07, 6.45) is 9.23. The molecule has 0 atom stereocenters. The van der Waals surface area contributed by atoms with Crippen LogP contribution in [0.25, 0.3) is 22.3 Å². The molecule has 0 aliphatic heterocycles. The van der Waals surface area contributed by atoms with Gasteiger partial charge < -0.3 is 14.4 Å². The van der Waals surface area contributed by atoms with Gasteiger partial charge in [0.1, 0.15) is 11.5 Å². The second-order valence-electron chi connectivity index (χ2n) is 8.75. The third kappa shape index (κ3) is 6.53. The molecule has 2 aromatic heterocycles. The van der Waals surface area contributed by atoms with Crippen LogP contribution in [0.1, 0.15) is 32.1 Å². The number of aromatic nitrogens is 4. The molecule has 4 rings (SSSR count). The number of aryl methyl sites for hydroxylation is 1. The van der Waals surface area contributed by atoms with Gasteiger partial charge >= 0.3 is 0 Å². The first-order valence-corrected chi connectivity index (χ1v) is 12.2. The van der Waals surface area contributed by atoms with Gasteiger partial charge in [-0.15, -0.1) is 0 Å². The van der Waals surface area contributed by atoms with Crippen LogP contribution in [0.5, 0.6) is 11.5 Å². The van der Waals surface area contributed by atoms with Crippen LogP contribution in [0, 0.1) is 0 Å². The minimum absolute atomic E-state index is 0.315. The Morgan fingerprint density at radius 3 is 2.41 bits per heavy atom. The Labute approximate surface area is 215 Å². The van der Waals surface area contributed by atoms with Gasteiger partial charge in [-0.1, -0.05) is 12.8 Å². The number of fused-ring (bicyclic) bond motifs is 1. The summed E-state index contributed by atoms with van der Waals surface area (Å²) in [6, 6.07) is 11.9. The number of nitrogens with zero attached hydrogens (tertiary/aromatic N) is 5. The van der Waals surface area contributed by atoms with Crippen LogP contribution in [0.2, 0.25) is 0 Å². The van der Waals surface area contributed by atoms with E-state index in [-0.39, 0.29) is 5.91 Å². The van der Waals surface area contributed by atoms with Crippen LogP contribution >= 0.6 is 0 Å². The molecule has 2 aromatic carbocycles. The van der Waals surface area contributed by atoms with E-state index < -0.39 is 0 Å². The highest BCUT2D eigenvalue weighted by Gasteiger charge is 2.15. The average molecular weight is 505 g/mol. The van der Waals surface area contributed by atoms with Crippen molar-refractivity contribution in [2.24, 2.45) is 7.05 Å². The lowest BCUT2D eigenvalue weighted by atomic mass is 10.1. The highest BCUT2D eigenvalue weighted by atomic mass is 16.5. The summed E-state index contributed by atoms with van der Waals surface area (Å²) >= 11 is 0. The molecule has 0 aliphatic carbocycles. The number of nitrogens with one attached hydrogen (secondary N) is 1. The van der Waals surface area contributed by atoms with E-state index in [9.17, 15) is 4.79 Å². The van der Waals surface area contributed by atoms with Gasteiger partial charge in [0.05, 0.1) is 43.3 Å². The van der Waals surface area contributed by atoms with Crippen molar-refractivity contribution >= 4 is 28.3 Å². The molecule has 0 saturated carbocycles. The molecule has 0 bridgehead atoms. The summed E-state index contributed by atoms with van der Waals surface area (Å²) < 4.78 is 12.8. The quantitative estimate of drug-likeness (QED) is 0.163. The molecule has 0 spiro atoms. The lowest BCUT2D eigenvalue weighted by Gasteiger charge is -2.26.